The highest BCUT2D eigenvalue weighted by atomic mass is 16.2. The molecule has 0 radical (unpaired) electrons. The lowest BCUT2D eigenvalue weighted by Gasteiger charge is -2.29. The molecule has 0 aromatic heterocycles. The molecule has 1 rings (SSSR count). The summed E-state index contributed by atoms with van der Waals surface area (Å²) in [7, 11) is 0. The minimum absolute atomic E-state index is 0.0904. The Labute approximate surface area is 112 Å². The lowest BCUT2D eigenvalue weighted by Crippen LogP contribution is -2.48. The minimum Gasteiger partial charge on any atom is -0.350 e. The number of rotatable bonds is 6. The smallest absolute Gasteiger partial charge is 0.234 e. The number of carbonyl (C=O) groups is 1. The van der Waals surface area contributed by atoms with E-state index in [-0.39, 0.29) is 11.4 Å². The summed E-state index contributed by atoms with van der Waals surface area (Å²) >= 11 is 0. The Morgan fingerprint density at radius 1 is 1.28 bits per heavy atom. The van der Waals surface area contributed by atoms with Gasteiger partial charge in [-0.1, -0.05) is 26.2 Å². The van der Waals surface area contributed by atoms with Crippen LogP contribution in [-0.2, 0) is 4.79 Å². The molecule has 1 aliphatic carbocycles. The molecule has 18 heavy (non-hydrogen) atoms. The fourth-order valence-corrected chi connectivity index (χ4v) is 2.56. The molecule has 0 bridgehead atoms. The van der Waals surface area contributed by atoms with Crippen LogP contribution in [-0.4, -0.2) is 24.0 Å². The van der Waals surface area contributed by atoms with Gasteiger partial charge in [-0.25, -0.2) is 0 Å². The highest BCUT2D eigenvalue weighted by Crippen LogP contribution is 2.26. The van der Waals surface area contributed by atoms with Gasteiger partial charge in [0.15, 0.2) is 0 Å². The van der Waals surface area contributed by atoms with Crippen molar-refractivity contribution in [2.45, 2.75) is 77.8 Å². The van der Waals surface area contributed by atoms with E-state index in [9.17, 15) is 4.79 Å². The zero-order valence-corrected chi connectivity index (χ0v) is 12.5. The molecule has 1 atom stereocenters. The average molecular weight is 254 g/mol. The molecule has 1 fully saturated rings. The van der Waals surface area contributed by atoms with E-state index in [2.05, 4.69) is 38.3 Å². The lowest BCUT2D eigenvalue weighted by molar-refractivity contribution is -0.122. The van der Waals surface area contributed by atoms with Crippen LogP contribution in [0, 0.1) is 5.92 Å². The summed E-state index contributed by atoms with van der Waals surface area (Å²) in [5.41, 5.74) is -0.0904. The van der Waals surface area contributed by atoms with Crippen molar-refractivity contribution >= 4 is 5.91 Å². The quantitative estimate of drug-likeness (QED) is 0.765. The van der Waals surface area contributed by atoms with Crippen LogP contribution in [0.2, 0.25) is 0 Å². The first-order valence-corrected chi connectivity index (χ1v) is 7.49. The summed E-state index contributed by atoms with van der Waals surface area (Å²) in [5.74, 6) is 0.871. The number of carbonyl (C=O) groups excluding carboxylic acids is 1. The molecule has 0 aromatic rings. The first kappa shape index (κ1) is 15.5. The fourth-order valence-electron chi connectivity index (χ4n) is 2.56. The summed E-state index contributed by atoms with van der Waals surface area (Å²) in [6.07, 6.45) is 7.68. The van der Waals surface area contributed by atoms with Crippen LogP contribution < -0.4 is 10.6 Å². The molecule has 0 aliphatic heterocycles. The Bertz CT molecular complexity index is 257. The number of amides is 1. The molecule has 1 amide bonds. The van der Waals surface area contributed by atoms with Gasteiger partial charge in [-0.15, -0.1) is 0 Å². The second kappa shape index (κ2) is 7.13. The highest BCUT2D eigenvalue weighted by Gasteiger charge is 2.21. The molecular weight excluding hydrogens is 224 g/mol. The Morgan fingerprint density at radius 3 is 2.44 bits per heavy atom. The Kier molecular flexibility index (Phi) is 6.13. The molecule has 1 aliphatic rings. The van der Waals surface area contributed by atoms with Gasteiger partial charge in [0, 0.05) is 11.6 Å². The second-order valence-electron chi connectivity index (χ2n) is 6.35. The Hall–Kier alpha value is -0.570. The SMILES string of the molecule is CCC(C)(C)NC(=O)CN[C@H](C)C1CCCCC1. The van der Waals surface area contributed by atoms with Crippen LogP contribution >= 0.6 is 0 Å². The van der Waals surface area contributed by atoms with Crippen molar-refractivity contribution in [1.82, 2.24) is 10.6 Å². The van der Waals surface area contributed by atoms with Gasteiger partial charge in [0.1, 0.15) is 0 Å². The van der Waals surface area contributed by atoms with Gasteiger partial charge in [-0.05, 0) is 46.0 Å². The van der Waals surface area contributed by atoms with Crippen LogP contribution in [0.5, 0.6) is 0 Å². The van der Waals surface area contributed by atoms with Crippen molar-refractivity contribution in [2.24, 2.45) is 5.92 Å². The largest absolute Gasteiger partial charge is 0.350 e. The van der Waals surface area contributed by atoms with Gasteiger partial charge < -0.3 is 10.6 Å². The van der Waals surface area contributed by atoms with E-state index >= 15 is 0 Å². The standard InChI is InChI=1S/C15H30N2O/c1-5-15(3,4)17-14(18)11-16-12(2)13-9-7-6-8-10-13/h12-13,16H,5-11H2,1-4H3,(H,17,18)/t12-/m1/s1. The van der Waals surface area contributed by atoms with Crippen LogP contribution in [0.4, 0.5) is 0 Å². The molecule has 0 heterocycles. The van der Waals surface area contributed by atoms with E-state index < -0.39 is 0 Å². The summed E-state index contributed by atoms with van der Waals surface area (Å²) in [5, 5.41) is 6.45. The summed E-state index contributed by atoms with van der Waals surface area (Å²) in [4.78, 5) is 11.8. The van der Waals surface area contributed by atoms with Crippen molar-refractivity contribution in [1.29, 1.82) is 0 Å². The van der Waals surface area contributed by atoms with Gasteiger partial charge in [0.2, 0.25) is 5.91 Å². The average Bonchev–Trinajstić information content (AvgIpc) is 2.36. The Balaban J connectivity index is 2.24. The first-order chi connectivity index (χ1) is 8.44. The van der Waals surface area contributed by atoms with Crippen LogP contribution in [0.15, 0.2) is 0 Å². The molecule has 1 saturated carbocycles. The molecule has 0 spiro atoms. The van der Waals surface area contributed by atoms with E-state index in [1.54, 1.807) is 0 Å². The maximum absolute atomic E-state index is 11.8. The first-order valence-electron chi connectivity index (χ1n) is 7.49. The third kappa shape index (κ3) is 5.38. The normalized spacial score (nSPS) is 19.6. The summed E-state index contributed by atoms with van der Waals surface area (Å²) < 4.78 is 0. The van der Waals surface area contributed by atoms with Crippen molar-refractivity contribution in [3.63, 3.8) is 0 Å². The maximum Gasteiger partial charge on any atom is 0.234 e. The third-order valence-electron chi connectivity index (χ3n) is 4.30. The van der Waals surface area contributed by atoms with E-state index in [4.69, 9.17) is 0 Å². The molecule has 2 N–H and O–H groups in total. The van der Waals surface area contributed by atoms with Crippen LogP contribution in [0.25, 0.3) is 0 Å². The van der Waals surface area contributed by atoms with Crippen LogP contribution in [0.3, 0.4) is 0 Å². The predicted molar refractivity (Wildman–Crippen MR) is 76.6 cm³/mol. The zero-order valence-electron chi connectivity index (χ0n) is 12.5. The molecule has 106 valence electrons. The molecular formula is C15H30N2O. The van der Waals surface area contributed by atoms with Crippen molar-refractivity contribution in [3.05, 3.63) is 0 Å². The third-order valence-corrected chi connectivity index (χ3v) is 4.30. The number of hydrogen-bond acceptors (Lipinski definition) is 2. The maximum atomic E-state index is 11.8. The molecule has 0 saturated heterocycles. The van der Waals surface area contributed by atoms with Crippen molar-refractivity contribution in [3.8, 4) is 0 Å². The highest BCUT2D eigenvalue weighted by molar-refractivity contribution is 5.78. The molecule has 0 unspecified atom stereocenters. The number of hydrogen-bond donors (Lipinski definition) is 2. The van der Waals surface area contributed by atoms with Gasteiger partial charge in [-0.3, -0.25) is 4.79 Å². The van der Waals surface area contributed by atoms with Crippen molar-refractivity contribution in [2.75, 3.05) is 6.54 Å². The van der Waals surface area contributed by atoms with E-state index in [1.807, 2.05) is 0 Å². The van der Waals surface area contributed by atoms with Gasteiger partial charge >= 0.3 is 0 Å². The van der Waals surface area contributed by atoms with E-state index in [0.717, 1.165) is 12.3 Å². The van der Waals surface area contributed by atoms with Crippen molar-refractivity contribution < 1.29 is 4.79 Å². The molecule has 3 nitrogen and oxygen atoms in total. The van der Waals surface area contributed by atoms with Crippen LogP contribution in [0.1, 0.15) is 66.2 Å². The van der Waals surface area contributed by atoms with Gasteiger partial charge in [-0.2, -0.15) is 0 Å². The number of nitrogens with one attached hydrogen (secondary N) is 2. The summed E-state index contributed by atoms with van der Waals surface area (Å²) in [6.45, 7) is 8.89. The zero-order chi connectivity index (χ0) is 13.6. The van der Waals surface area contributed by atoms with Gasteiger partial charge in [0.05, 0.1) is 6.54 Å². The molecule has 3 heteroatoms. The van der Waals surface area contributed by atoms with Gasteiger partial charge in [0.25, 0.3) is 0 Å². The predicted octanol–water partition coefficient (Wildman–Crippen LogP) is 2.85. The monoisotopic (exact) mass is 254 g/mol. The fraction of sp³-hybridized carbons (Fsp3) is 0.933. The second-order valence-corrected chi connectivity index (χ2v) is 6.35. The van der Waals surface area contributed by atoms with E-state index in [1.165, 1.54) is 32.1 Å². The lowest BCUT2D eigenvalue weighted by atomic mass is 9.84. The summed E-state index contributed by atoms with van der Waals surface area (Å²) in [6, 6.07) is 0.459. The Morgan fingerprint density at radius 2 is 1.89 bits per heavy atom. The topological polar surface area (TPSA) is 41.1 Å². The van der Waals surface area contributed by atoms with E-state index in [0.29, 0.717) is 12.6 Å². The molecule has 0 aromatic carbocycles. The minimum atomic E-state index is -0.0904.